The molecule has 1 aliphatic heterocycles. The Labute approximate surface area is 184 Å². The average Bonchev–Trinajstić information content (AvgIpc) is 3.17. The molecule has 0 unspecified atom stereocenters. The van der Waals surface area contributed by atoms with Crippen molar-refractivity contribution in [2.45, 2.75) is 12.7 Å². The molecule has 164 valence electrons. The van der Waals surface area contributed by atoms with Crippen LogP contribution in [0.4, 0.5) is 13.2 Å². The first-order valence-electron chi connectivity index (χ1n) is 10.7. The zero-order chi connectivity index (χ0) is 22.1. The van der Waals surface area contributed by atoms with Crippen molar-refractivity contribution in [3.8, 4) is 22.4 Å². The minimum absolute atomic E-state index is 0.519. The maximum atomic E-state index is 13.4. The van der Waals surface area contributed by atoms with Gasteiger partial charge in [-0.05, 0) is 23.3 Å². The lowest BCUT2D eigenvalue weighted by Gasteiger charge is -2.27. The average molecular weight is 436 g/mol. The second-order valence-electron chi connectivity index (χ2n) is 8.02. The van der Waals surface area contributed by atoms with Crippen molar-refractivity contribution in [3.63, 3.8) is 0 Å². The highest BCUT2D eigenvalue weighted by Crippen LogP contribution is 2.32. The number of halogens is 3. The summed E-state index contributed by atoms with van der Waals surface area (Å²) in [6, 6.07) is 20.7. The number of pyridine rings is 1. The van der Waals surface area contributed by atoms with Crippen molar-refractivity contribution in [2.24, 2.45) is 0 Å². The summed E-state index contributed by atoms with van der Waals surface area (Å²) in [6.45, 7) is 3.97. The SMILES string of the molecule is FC(F)(F)c1ccc2nc(-c3ccc(-c4ccccc4)cc3)c(CN3CCNCC3)n2c1. The lowest BCUT2D eigenvalue weighted by Crippen LogP contribution is -2.43. The number of hydrogen-bond acceptors (Lipinski definition) is 3. The van der Waals surface area contributed by atoms with Gasteiger partial charge in [-0.1, -0.05) is 54.6 Å². The monoisotopic (exact) mass is 436 g/mol. The van der Waals surface area contributed by atoms with E-state index in [0.29, 0.717) is 12.2 Å². The number of alkyl halides is 3. The van der Waals surface area contributed by atoms with Gasteiger partial charge in [0.2, 0.25) is 0 Å². The summed E-state index contributed by atoms with van der Waals surface area (Å²) >= 11 is 0. The smallest absolute Gasteiger partial charge is 0.314 e. The highest BCUT2D eigenvalue weighted by atomic mass is 19.4. The van der Waals surface area contributed by atoms with E-state index >= 15 is 0 Å². The Balaban J connectivity index is 1.58. The Morgan fingerprint density at radius 1 is 0.812 bits per heavy atom. The number of rotatable bonds is 4. The molecule has 3 heterocycles. The second kappa shape index (κ2) is 8.41. The van der Waals surface area contributed by atoms with Crippen molar-refractivity contribution in [1.29, 1.82) is 0 Å². The van der Waals surface area contributed by atoms with Crippen LogP contribution in [-0.4, -0.2) is 40.5 Å². The van der Waals surface area contributed by atoms with Crippen molar-refractivity contribution in [2.75, 3.05) is 26.2 Å². The van der Waals surface area contributed by atoms with Crippen LogP contribution in [-0.2, 0) is 12.7 Å². The fourth-order valence-electron chi connectivity index (χ4n) is 4.18. The van der Waals surface area contributed by atoms with Gasteiger partial charge in [-0.3, -0.25) is 4.90 Å². The van der Waals surface area contributed by atoms with Crippen LogP contribution in [0.1, 0.15) is 11.3 Å². The van der Waals surface area contributed by atoms with E-state index < -0.39 is 11.7 Å². The molecule has 1 aliphatic rings. The minimum Gasteiger partial charge on any atom is -0.314 e. The highest BCUT2D eigenvalue weighted by molar-refractivity contribution is 5.71. The summed E-state index contributed by atoms with van der Waals surface area (Å²) in [5.41, 5.74) is 4.45. The van der Waals surface area contributed by atoms with Crippen molar-refractivity contribution < 1.29 is 13.2 Å². The normalized spacial score (nSPS) is 15.3. The number of hydrogen-bond donors (Lipinski definition) is 1. The first kappa shape index (κ1) is 20.7. The topological polar surface area (TPSA) is 32.6 Å². The number of aromatic nitrogens is 2. The zero-order valence-corrected chi connectivity index (χ0v) is 17.4. The molecule has 32 heavy (non-hydrogen) atoms. The standard InChI is InChI=1S/C25H23F3N4/c26-25(27,28)21-10-11-23-30-24(22(32(23)16-21)17-31-14-12-29-13-15-31)20-8-6-19(7-9-20)18-4-2-1-3-5-18/h1-11,16,29H,12-15,17H2. The van der Waals surface area contributed by atoms with Gasteiger partial charge in [-0.2, -0.15) is 13.2 Å². The third-order valence-corrected chi connectivity index (χ3v) is 5.89. The van der Waals surface area contributed by atoms with Gasteiger partial charge in [0.25, 0.3) is 0 Å². The third-order valence-electron chi connectivity index (χ3n) is 5.89. The molecule has 0 aliphatic carbocycles. The molecule has 2 aromatic carbocycles. The Morgan fingerprint density at radius 2 is 1.47 bits per heavy atom. The molecule has 4 aromatic rings. The predicted octanol–water partition coefficient (Wildman–Crippen LogP) is 5.09. The van der Waals surface area contributed by atoms with E-state index in [0.717, 1.165) is 60.3 Å². The fourth-order valence-corrected chi connectivity index (χ4v) is 4.18. The van der Waals surface area contributed by atoms with E-state index in [4.69, 9.17) is 4.98 Å². The maximum absolute atomic E-state index is 13.4. The van der Waals surface area contributed by atoms with Gasteiger partial charge >= 0.3 is 6.18 Å². The molecule has 7 heteroatoms. The van der Waals surface area contributed by atoms with E-state index in [1.807, 2.05) is 42.5 Å². The zero-order valence-electron chi connectivity index (χ0n) is 17.4. The summed E-state index contributed by atoms with van der Waals surface area (Å²) in [4.78, 5) is 6.98. The quantitative estimate of drug-likeness (QED) is 0.484. The Kier molecular flexibility index (Phi) is 5.45. The van der Waals surface area contributed by atoms with Crippen LogP contribution in [0.3, 0.4) is 0 Å². The molecule has 4 nitrogen and oxygen atoms in total. The molecule has 1 fully saturated rings. The van der Waals surface area contributed by atoms with E-state index in [-0.39, 0.29) is 0 Å². The van der Waals surface area contributed by atoms with Crippen molar-refractivity contribution in [3.05, 3.63) is 84.2 Å². The summed E-state index contributed by atoms with van der Waals surface area (Å²) in [7, 11) is 0. The predicted molar refractivity (Wildman–Crippen MR) is 119 cm³/mol. The minimum atomic E-state index is -4.40. The third kappa shape index (κ3) is 4.13. The van der Waals surface area contributed by atoms with Gasteiger partial charge in [-0.25, -0.2) is 4.98 Å². The van der Waals surface area contributed by atoms with Crippen molar-refractivity contribution in [1.82, 2.24) is 19.6 Å². The van der Waals surface area contributed by atoms with Gasteiger partial charge in [-0.15, -0.1) is 0 Å². The fraction of sp³-hybridized carbons (Fsp3) is 0.240. The molecular weight excluding hydrogens is 413 g/mol. The Bertz CT molecular complexity index is 1210. The molecule has 1 saturated heterocycles. The van der Waals surface area contributed by atoms with E-state index in [2.05, 4.69) is 22.3 Å². The largest absolute Gasteiger partial charge is 0.417 e. The first-order valence-corrected chi connectivity index (χ1v) is 10.7. The lowest BCUT2D eigenvalue weighted by atomic mass is 10.0. The number of fused-ring (bicyclic) bond motifs is 1. The lowest BCUT2D eigenvalue weighted by molar-refractivity contribution is -0.137. The van der Waals surface area contributed by atoms with Crippen LogP contribution >= 0.6 is 0 Å². The van der Waals surface area contributed by atoms with Gasteiger partial charge < -0.3 is 9.72 Å². The molecule has 0 amide bonds. The number of benzene rings is 2. The first-order chi connectivity index (χ1) is 15.5. The van der Waals surface area contributed by atoms with Crippen LogP contribution in [0.5, 0.6) is 0 Å². The molecule has 0 radical (unpaired) electrons. The van der Waals surface area contributed by atoms with Crippen molar-refractivity contribution >= 4 is 5.65 Å². The van der Waals surface area contributed by atoms with Crippen LogP contribution in [0.25, 0.3) is 28.0 Å². The molecule has 0 bridgehead atoms. The number of piperazine rings is 1. The van der Waals surface area contributed by atoms with Crippen LogP contribution < -0.4 is 5.32 Å². The molecule has 0 saturated carbocycles. The molecule has 0 spiro atoms. The molecule has 0 atom stereocenters. The number of nitrogens with one attached hydrogen (secondary N) is 1. The summed E-state index contributed by atoms with van der Waals surface area (Å²) in [5.74, 6) is 0. The summed E-state index contributed by atoms with van der Waals surface area (Å²) in [6.07, 6.45) is -3.23. The van der Waals surface area contributed by atoms with E-state index in [1.54, 1.807) is 4.40 Å². The number of imidazole rings is 1. The Morgan fingerprint density at radius 3 is 2.16 bits per heavy atom. The van der Waals surface area contributed by atoms with Gasteiger partial charge in [0.1, 0.15) is 5.65 Å². The van der Waals surface area contributed by atoms with Gasteiger partial charge in [0.05, 0.1) is 17.0 Å². The molecule has 1 N–H and O–H groups in total. The number of nitrogens with zero attached hydrogens (tertiary/aromatic N) is 3. The Hall–Kier alpha value is -3.16. The van der Waals surface area contributed by atoms with E-state index in [9.17, 15) is 13.2 Å². The summed E-state index contributed by atoms with van der Waals surface area (Å²) in [5, 5.41) is 3.32. The van der Waals surface area contributed by atoms with Gasteiger partial charge in [0.15, 0.2) is 0 Å². The van der Waals surface area contributed by atoms with Crippen LogP contribution in [0.15, 0.2) is 72.9 Å². The maximum Gasteiger partial charge on any atom is 0.417 e. The van der Waals surface area contributed by atoms with Crippen LogP contribution in [0, 0.1) is 0 Å². The van der Waals surface area contributed by atoms with Crippen LogP contribution in [0.2, 0.25) is 0 Å². The second-order valence-corrected chi connectivity index (χ2v) is 8.02. The highest BCUT2D eigenvalue weighted by Gasteiger charge is 2.31. The molecule has 5 rings (SSSR count). The molecule has 2 aromatic heterocycles. The van der Waals surface area contributed by atoms with Gasteiger partial charge in [0, 0.05) is 44.5 Å². The molecular formula is C25H23F3N4. The van der Waals surface area contributed by atoms with E-state index in [1.165, 1.54) is 12.3 Å². The summed E-state index contributed by atoms with van der Waals surface area (Å²) < 4.78 is 41.8.